The monoisotopic (exact) mass is 300 g/mol. The van der Waals surface area contributed by atoms with Crippen LogP contribution < -0.4 is 5.43 Å². The number of para-hydroxylation sites is 1. The molecular formula is C13H9BrN4. The molecule has 0 aromatic heterocycles. The minimum absolute atomic E-state index is 0.475. The maximum atomic E-state index is 8.97. The molecule has 0 amide bonds. The first kappa shape index (κ1) is 12.3. The number of benzene rings is 2. The lowest BCUT2D eigenvalue weighted by atomic mass is 10.2. The van der Waals surface area contributed by atoms with Gasteiger partial charge in [-0.25, -0.2) is 0 Å². The van der Waals surface area contributed by atoms with Gasteiger partial charge >= 0.3 is 0 Å². The van der Waals surface area contributed by atoms with Gasteiger partial charge in [0.25, 0.3) is 0 Å². The molecule has 2 aromatic rings. The van der Waals surface area contributed by atoms with Crippen molar-refractivity contribution in [2.75, 3.05) is 5.43 Å². The molecule has 0 saturated heterocycles. The van der Waals surface area contributed by atoms with Crippen LogP contribution in [-0.4, -0.2) is 0 Å². The molecule has 0 aliphatic rings. The number of nitrogens with zero attached hydrogens (tertiary/aromatic N) is 3. The Morgan fingerprint density at radius 2 is 1.89 bits per heavy atom. The Labute approximate surface area is 113 Å². The van der Waals surface area contributed by atoms with Crippen LogP contribution in [0.15, 0.2) is 63.3 Å². The van der Waals surface area contributed by atoms with Crippen molar-refractivity contribution in [3.63, 3.8) is 0 Å². The number of hydrogen-bond acceptors (Lipinski definition) is 3. The third-order valence-electron chi connectivity index (χ3n) is 2.19. The fraction of sp³-hybridized carbons (Fsp3) is 0. The zero-order valence-electron chi connectivity index (χ0n) is 9.34. The molecule has 5 heteroatoms. The zero-order valence-corrected chi connectivity index (χ0v) is 10.9. The number of nitriles is 1. The lowest BCUT2D eigenvalue weighted by Crippen LogP contribution is -1.85. The highest BCUT2D eigenvalue weighted by Crippen LogP contribution is 2.23. The predicted molar refractivity (Wildman–Crippen MR) is 73.4 cm³/mol. The van der Waals surface area contributed by atoms with E-state index in [0.29, 0.717) is 11.3 Å². The van der Waals surface area contributed by atoms with Gasteiger partial charge < -0.3 is 0 Å². The lowest BCUT2D eigenvalue weighted by Gasteiger charge is -1.99. The van der Waals surface area contributed by atoms with Gasteiger partial charge in [-0.05, 0) is 30.3 Å². The summed E-state index contributed by atoms with van der Waals surface area (Å²) in [7, 11) is 0. The van der Waals surface area contributed by atoms with Crippen LogP contribution in [0.3, 0.4) is 0 Å². The summed E-state index contributed by atoms with van der Waals surface area (Å²) >= 11 is 3.30. The number of rotatable bonds is 3. The fourth-order valence-corrected chi connectivity index (χ4v) is 1.70. The Kier molecular flexibility index (Phi) is 4.05. The number of anilines is 1. The molecule has 4 nitrogen and oxygen atoms in total. The molecule has 0 radical (unpaired) electrons. The maximum Gasteiger partial charge on any atom is 0.105 e. The van der Waals surface area contributed by atoms with E-state index < -0.39 is 0 Å². The Balaban J connectivity index is 2.13. The van der Waals surface area contributed by atoms with Crippen LogP contribution in [0.25, 0.3) is 0 Å². The molecule has 18 heavy (non-hydrogen) atoms. The van der Waals surface area contributed by atoms with E-state index in [0.717, 1.165) is 10.2 Å². The summed E-state index contributed by atoms with van der Waals surface area (Å²) in [5, 5.41) is 16.8. The minimum atomic E-state index is 0.475. The van der Waals surface area contributed by atoms with Crippen molar-refractivity contribution in [3.05, 3.63) is 58.6 Å². The SMILES string of the molecule is N#Cc1cc(Br)ccc1N=NNc1ccccc1. The Hall–Kier alpha value is -2.19. The molecule has 2 aromatic carbocycles. The third-order valence-corrected chi connectivity index (χ3v) is 2.68. The van der Waals surface area contributed by atoms with Crippen molar-refractivity contribution in [1.82, 2.24) is 0 Å². The van der Waals surface area contributed by atoms with Gasteiger partial charge in [0.1, 0.15) is 11.8 Å². The van der Waals surface area contributed by atoms with Gasteiger partial charge in [0.2, 0.25) is 0 Å². The molecule has 0 saturated carbocycles. The summed E-state index contributed by atoms with van der Waals surface area (Å²) in [6, 6.07) is 16.8. The van der Waals surface area contributed by atoms with Crippen LogP contribution in [-0.2, 0) is 0 Å². The van der Waals surface area contributed by atoms with Crippen LogP contribution in [0, 0.1) is 11.3 Å². The Morgan fingerprint density at radius 1 is 1.11 bits per heavy atom. The third kappa shape index (κ3) is 3.15. The molecular weight excluding hydrogens is 292 g/mol. The van der Waals surface area contributed by atoms with E-state index >= 15 is 0 Å². The summed E-state index contributed by atoms with van der Waals surface area (Å²) in [6.45, 7) is 0. The topological polar surface area (TPSA) is 60.5 Å². The summed E-state index contributed by atoms with van der Waals surface area (Å²) in [6.07, 6.45) is 0. The number of halogens is 1. The van der Waals surface area contributed by atoms with E-state index in [1.807, 2.05) is 36.4 Å². The highest BCUT2D eigenvalue weighted by atomic mass is 79.9. The molecule has 0 spiro atoms. The largest absolute Gasteiger partial charge is 0.260 e. The first-order chi connectivity index (χ1) is 8.79. The van der Waals surface area contributed by atoms with E-state index in [-0.39, 0.29) is 0 Å². The zero-order chi connectivity index (χ0) is 12.8. The number of hydrogen-bond donors (Lipinski definition) is 1. The standard InChI is InChI=1S/C13H9BrN4/c14-11-6-7-13(10(8-11)9-15)17-18-16-12-4-2-1-3-5-12/h1-8H,(H,16,17). The van der Waals surface area contributed by atoms with E-state index in [9.17, 15) is 0 Å². The molecule has 0 atom stereocenters. The first-order valence-corrected chi connectivity index (χ1v) is 6.00. The van der Waals surface area contributed by atoms with Crippen molar-refractivity contribution in [2.24, 2.45) is 10.3 Å². The molecule has 0 unspecified atom stereocenters. The van der Waals surface area contributed by atoms with Gasteiger partial charge in [-0.2, -0.15) is 5.26 Å². The Morgan fingerprint density at radius 3 is 2.61 bits per heavy atom. The summed E-state index contributed by atoms with van der Waals surface area (Å²) in [5.74, 6) is 0. The van der Waals surface area contributed by atoms with Gasteiger partial charge in [0.05, 0.1) is 11.3 Å². The highest BCUT2D eigenvalue weighted by Gasteiger charge is 2.00. The van der Waals surface area contributed by atoms with Crippen LogP contribution >= 0.6 is 15.9 Å². The van der Waals surface area contributed by atoms with Gasteiger partial charge in [-0.15, -0.1) is 5.11 Å². The smallest absolute Gasteiger partial charge is 0.105 e. The van der Waals surface area contributed by atoms with Crippen LogP contribution in [0.5, 0.6) is 0 Å². The van der Waals surface area contributed by atoms with Crippen molar-refractivity contribution in [1.29, 1.82) is 5.26 Å². The second-order valence-electron chi connectivity index (χ2n) is 3.45. The van der Waals surface area contributed by atoms with Crippen molar-refractivity contribution in [3.8, 4) is 6.07 Å². The predicted octanol–water partition coefficient (Wildman–Crippen LogP) is 4.43. The highest BCUT2D eigenvalue weighted by molar-refractivity contribution is 9.10. The molecule has 0 aliphatic carbocycles. The van der Waals surface area contributed by atoms with Crippen LogP contribution in [0.2, 0.25) is 0 Å². The lowest BCUT2D eigenvalue weighted by molar-refractivity contribution is 1.13. The molecule has 88 valence electrons. The van der Waals surface area contributed by atoms with E-state index in [4.69, 9.17) is 5.26 Å². The van der Waals surface area contributed by atoms with Gasteiger partial charge in [-0.3, -0.25) is 5.43 Å². The maximum absolute atomic E-state index is 8.97. The number of nitrogens with one attached hydrogen (secondary N) is 1. The van der Waals surface area contributed by atoms with E-state index in [1.165, 1.54) is 0 Å². The Bertz CT molecular complexity index is 602. The molecule has 1 N–H and O–H groups in total. The quantitative estimate of drug-likeness (QED) is 0.673. The van der Waals surface area contributed by atoms with Crippen LogP contribution in [0.1, 0.15) is 5.56 Å². The fourth-order valence-electron chi connectivity index (χ4n) is 1.33. The van der Waals surface area contributed by atoms with Crippen molar-refractivity contribution < 1.29 is 0 Å². The molecule has 0 bridgehead atoms. The summed E-state index contributed by atoms with van der Waals surface area (Å²) in [4.78, 5) is 0. The summed E-state index contributed by atoms with van der Waals surface area (Å²) in [5.41, 5.74) is 4.65. The van der Waals surface area contributed by atoms with Crippen LogP contribution in [0.4, 0.5) is 11.4 Å². The van der Waals surface area contributed by atoms with Gasteiger partial charge in [-0.1, -0.05) is 39.4 Å². The molecule has 2 rings (SSSR count). The molecule has 0 aliphatic heterocycles. The van der Waals surface area contributed by atoms with Gasteiger partial charge in [0, 0.05) is 4.47 Å². The minimum Gasteiger partial charge on any atom is -0.260 e. The second kappa shape index (κ2) is 5.94. The van der Waals surface area contributed by atoms with Crippen molar-refractivity contribution in [2.45, 2.75) is 0 Å². The van der Waals surface area contributed by atoms with Gasteiger partial charge in [0.15, 0.2) is 0 Å². The first-order valence-electron chi connectivity index (χ1n) is 5.21. The second-order valence-corrected chi connectivity index (χ2v) is 4.37. The normalized spacial score (nSPS) is 10.2. The van der Waals surface area contributed by atoms with E-state index in [2.05, 4.69) is 37.8 Å². The summed E-state index contributed by atoms with van der Waals surface area (Å²) < 4.78 is 0.842. The van der Waals surface area contributed by atoms with E-state index in [1.54, 1.807) is 12.1 Å². The molecule has 0 fully saturated rings. The average Bonchev–Trinajstić information content (AvgIpc) is 2.41. The molecule has 0 heterocycles. The average molecular weight is 301 g/mol. The van der Waals surface area contributed by atoms with Crippen molar-refractivity contribution >= 4 is 27.3 Å².